The number of hydrogen-bond acceptors (Lipinski definition) is 2. The lowest BCUT2D eigenvalue weighted by atomic mass is 9.74. The SMILES string of the molecule is CC.CC=Nc1cc(OCCC)ccc1C.CCCC1CC(C)C1. The van der Waals surface area contributed by atoms with Crippen molar-refractivity contribution in [3.8, 4) is 5.75 Å². The van der Waals surface area contributed by atoms with Crippen molar-refractivity contribution in [3.63, 3.8) is 0 Å². The van der Waals surface area contributed by atoms with Gasteiger partial charge in [0, 0.05) is 12.3 Å². The first kappa shape index (κ1) is 22.7. The Balaban J connectivity index is 0.000000447. The molecule has 0 amide bonds. The van der Waals surface area contributed by atoms with Crippen LogP contribution in [0.5, 0.6) is 5.75 Å². The molecule has 0 aliphatic heterocycles. The van der Waals surface area contributed by atoms with Crippen LogP contribution in [0.3, 0.4) is 0 Å². The Bertz CT molecular complexity index is 445. The molecule has 0 heterocycles. The second kappa shape index (κ2) is 14.1. The van der Waals surface area contributed by atoms with Crippen molar-refractivity contribution < 1.29 is 4.74 Å². The largest absolute Gasteiger partial charge is 0.494 e. The molecule has 0 unspecified atom stereocenters. The lowest BCUT2D eigenvalue weighted by Gasteiger charge is -2.32. The monoisotopic (exact) mass is 333 g/mol. The van der Waals surface area contributed by atoms with Gasteiger partial charge < -0.3 is 4.74 Å². The van der Waals surface area contributed by atoms with Gasteiger partial charge in [0.1, 0.15) is 5.75 Å². The molecule has 1 aliphatic rings. The minimum Gasteiger partial charge on any atom is -0.494 e. The Kier molecular flexibility index (Phi) is 13.3. The molecule has 1 aromatic carbocycles. The predicted molar refractivity (Wildman–Crippen MR) is 109 cm³/mol. The Labute approximate surface area is 150 Å². The third-order valence-electron chi connectivity index (χ3n) is 4.09. The van der Waals surface area contributed by atoms with Gasteiger partial charge in [-0.1, -0.05) is 53.5 Å². The second-order valence-corrected chi connectivity index (χ2v) is 6.42. The average molecular weight is 334 g/mol. The Hall–Kier alpha value is -1.31. The topological polar surface area (TPSA) is 21.6 Å². The first-order chi connectivity index (χ1) is 11.6. The zero-order valence-electron chi connectivity index (χ0n) is 17.1. The summed E-state index contributed by atoms with van der Waals surface area (Å²) in [5, 5.41) is 0. The molecular weight excluding hydrogens is 294 g/mol. The summed E-state index contributed by atoms with van der Waals surface area (Å²) < 4.78 is 5.52. The Morgan fingerprint density at radius 1 is 1.17 bits per heavy atom. The highest BCUT2D eigenvalue weighted by Gasteiger charge is 2.23. The quantitative estimate of drug-likeness (QED) is 0.498. The maximum atomic E-state index is 5.52. The van der Waals surface area contributed by atoms with Gasteiger partial charge in [0.2, 0.25) is 0 Å². The first-order valence-electron chi connectivity index (χ1n) is 9.82. The molecule has 1 saturated carbocycles. The van der Waals surface area contributed by atoms with Crippen LogP contribution in [-0.4, -0.2) is 12.8 Å². The van der Waals surface area contributed by atoms with Crippen molar-refractivity contribution in [1.82, 2.24) is 0 Å². The number of ether oxygens (including phenoxy) is 1. The molecule has 0 N–H and O–H groups in total. The molecule has 2 rings (SSSR count). The van der Waals surface area contributed by atoms with Gasteiger partial charge in [0.15, 0.2) is 0 Å². The summed E-state index contributed by atoms with van der Waals surface area (Å²) in [6.45, 7) is 15.5. The van der Waals surface area contributed by atoms with Crippen LogP contribution in [-0.2, 0) is 0 Å². The lowest BCUT2D eigenvalue weighted by molar-refractivity contribution is 0.198. The predicted octanol–water partition coefficient (Wildman–Crippen LogP) is 7.36. The zero-order chi connectivity index (χ0) is 18.4. The summed E-state index contributed by atoms with van der Waals surface area (Å²) in [7, 11) is 0. The fourth-order valence-electron chi connectivity index (χ4n) is 2.89. The van der Waals surface area contributed by atoms with E-state index in [0.717, 1.165) is 36.3 Å². The minimum absolute atomic E-state index is 0.762. The second-order valence-electron chi connectivity index (χ2n) is 6.42. The number of benzene rings is 1. The van der Waals surface area contributed by atoms with Crippen LogP contribution >= 0.6 is 0 Å². The number of rotatable bonds is 6. The van der Waals surface area contributed by atoms with Gasteiger partial charge in [-0.2, -0.15) is 0 Å². The van der Waals surface area contributed by atoms with Crippen molar-refractivity contribution >= 4 is 11.9 Å². The third kappa shape index (κ3) is 9.10. The van der Waals surface area contributed by atoms with Crippen LogP contribution < -0.4 is 4.74 Å². The number of hydrogen-bond donors (Lipinski definition) is 0. The Morgan fingerprint density at radius 2 is 1.83 bits per heavy atom. The van der Waals surface area contributed by atoms with Crippen LogP contribution in [0.25, 0.3) is 0 Å². The van der Waals surface area contributed by atoms with Gasteiger partial charge in [0.25, 0.3) is 0 Å². The van der Waals surface area contributed by atoms with E-state index in [2.05, 4.69) is 25.8 Å². The van der Waals surface area contributed by atoms with E-state index in [1.165, 1.54) is 31.2 Å². The maximum Gasteiger partial charge on any atom is 0.121 e. The van der Waals surface area contributed by atoms with E-state index in [0.29, 0.717) is 0 Å². The number of aryl methyl sites for hydroxylation is 1. The molecule has 0 spiro atoms. The molecule has 0 saturated heterocycles. The molecule has 2 nitrogen and oxygen atoms in total. The third-order valence-corrected chi connectivity index (χ3v) is 4.09. The molecule has 0 radical (unpaired) electrons. The van der Waals surface area contributed by atoms with E-state index < -0.39 is 0 Å². The molecule has 1 aromatic rings. The van der Waals surface area contributed by atoms with Gasteiger partial charge in [-0.25, -0.2) is 0 Å². The van der Waals surface area contributed by atoms with Gasteiger partial charge in [-0.3, -0.25) is 4.99 Å². The lowest BCUT2D eigenvalue weighted by Crippen LogP contribution is -2.20. The van der Waals surface area contributed by atoms with E-state index in [9.17, 15) is 0 Å². The molecule has 1 fully saturated rings. The fraction of sp³-hybridized carbons (Fsp3) is 0.682. The molecule has 1 aliphatic carbocycles. The van der Waals surface area contributed by atoms with Gasteiger partial charge in [-0.05, 0) is 56.6 Å². The van der Waals surface area contributed by atoms with Crippen LogP contribution in [0.4, 0.5) is 5.69 Å². The molecule has 0 bridgehead atoms. The van der Waals surface area contributed by atoms with Crippen molar-refractivity contribution in [1.29, 1.82) is 0 Å². The maximum absolute atomic E-state index is 5.52. The molecule has 0 atom stereocenters. The highest BCUT2D eigenvalue weighted by molar-refractivity contribution is 5.63. The number of aliphatic imine (C=N–C) groups is 1. The summed E-state index contributed by atoms with van der Waals surface area (Å²) >= 11 is 0. The van der Waals surface area contributed by atoms with Crippen LogP contribution in [0, 0.1) is 18.8 Å². The van der Waals surface area contributed by atoms with E-state index in [-0.39, 0.29) is 0 Å². The van der Waals surface area contributed by atoms with Crippen molar-refractivity contribution in [2.45, 2.75) is 80.6 Å². The van der Waals surface area contributed by atoms with Crippen molar-refractivity contribution in [2.75, 3.05) is 6.61 Å². The first-order valence-corrected chi connectivity index (χ1v) is 9.82. The fourth-order valence-corrected chi connectivity index (χ4v) is 2.89. The average Bonchev–Trinajstić information content (AvgIpc) is 2.57. The molecule has 2 heteroatoms. The highest BCUT2D eigenvalue weighted by atomic mass is 16.5. The van der Waals surface area contributed by atoms with E-state index >= 15 is 0 Å². The van der Waals surface area contributed by atoms with Crippen molar-refractivity contribution in [3.05, 3.63) is 23.8 Å². The van der Waals surface area contributed by atoms with Gasteiger partial charge in [-0.15, -0.1) is 0 Å². The molecule has 138 valence electrons. The van der Waals surface area contributed by atoms with Gasteiger partial charge >= 0.3 is 0 Å². The molecular formula is C22H39NO. The van der Waals surface area contributed by atoms with E-state index in [4.69, 9.17) is 4.74 Å². The normalized spacial score (nSPS) is 18.8. The summed E-state index contributed by atoms with van der Waals surface area (Å²) in [5.74, 6) is 3.06. The summed E-state index contributed by atoms with van der Waals surface area (Å²) in [5.41, 5.74) is 2.16. The van der Waals surface area contributed by atoms with Crippen molar-refractivity contribution in [2.24, 2.45) is 16.8 Å². The van der Waals surface area contributed by atoms with Crippen LogP contribution in [0.2, 0.25) is 0 Å². The minimum atomic E-state index is 0.762. The summed E-state index contributed by atoms with van der Waals surface area (Å²) in [6.07, 6.45) is 8.70. The van der Waals surface area contributed by atoms with Crippen LogP contribution in [0.1, 0.15) is 79.2 Å². The summed E-state index contributed by atoms with van der Waals surface area (Å²) in [4.78, 5) is 4.27. The van der Waals surface area contributed by atoms with E-state index in [1.807, 2.05) is 45.9 Å². The summed E-state index contributed by atoms with van der Waals surface area (Å²) in [6, 6.07) is 6.00. The standard InChI is InChI=1S/C12H17NO.C8H16.C2H6/c1-4-8-14-11-7-6-10(3)12(9-11)13-5-2;1-3-4-8-5-7(2)6-8;1-2/h5-7,9H,4,8H2,1-3H3;7-8H,3-6H2,1-2H3;1-2H3. The Morgan fingerprint density at radius 3 is 2.33 bits per heavy atom. The zero-order valence-corrected chi connectivity index (χ0v) is 17.1. The molecule has 0 aromatic heterocycles. The van der Waals surface area contributed by atoms with Crippen LogP contribution in [0.15, 0.2) is 23.2 Å². The van der Waals surface area contributed by atoms with E-state index in [1.54, 1.807) is 6.21 Å². The highest BCUT2D eigenvalue weighted by Crippen LogP contribution is 2.35. The number of nitrogens with zero attached hydrogens (tertiary/aromatic N) is 1. The molecule has 24 heavy (non-hydrogen) atoms. The smallest absolute Gasteiger partial charge is 0.121 e. The van der Waals surface area contributed by atoms with Gasteiger partial charge in [0.05, 0.1) is 12.3 Å².